The molecule has 18 heavy (non-hydrogen) atoms. The number of nitrogens with zero attached hydrogens (tertiary/aromatic N) is 2. The minimum absolute atomic E-state index is 0.0500. The normalized spacial score (nSPS) is 10.6. The first-order chi connectivity index (χ1) is 8.61. The number of aromatic nitrogens is 2. The molecule has 1 aromatic heterocycles. The van der Waals surface area contributed by atoms with Crippen molar-refractivity contribution in [1.29, 1.82) is 0 Å². The Kier molecular flexibility index (Phi) is 3.46. The van der Waals surface area contributed by atoms with Crippen molar-refractivity contribution < 1.29 is 4.79 Å². The van der Waals surface area contributed by atoms with Crippen molar-refractivity contribution in [2.24, 2.45) is 0 Å². The van der Waals surface area contributed by atoms with Crippen molar-refractivity contribution in [3.8, 4) is 0 Å². The first-order valence-corrected chi connectivity index (χ1v) is 5.97. The van der Waals surface area contributed by atoms with Gasteiger partial charge in [0.15, 0.2) is 5.78 Å². The van der Waals surface area contributed by atoms with Crippen molar-refractivity contribution in [3.63, 3.8) is 0 Å². The van der Waals surface area contributed by atoms with E-state index in [1.165, 1.54) is 4.57 Å². The second kappa shape index (κ2) is 5.04. The van der Waals surface area contributed by atoms with E-state index in [2.05, 4.69) is 0 Å². The molecule has 0 amide bonds. The zero-order chi connectivity index (χ0) is 13.1. The highest BCUT2D eigenvalue weighted by atomic mass is 16.2. The number of rotatable bonds is 4. The lowest BCUT2D eigenvalue weighted by molar-refractivity contribution is 0.0970. The van der Waals surface area contributed by atoms with Crippen molar-refractivity contribution in [2.75, 3.05) is 0 Å². The number of ketones is 1. The number of aryl methyl sites for hydroxylation is 2. The summed E-state index contributed by atoms with van der Waals surface area (Å²) in [5.74, 6) is -0.0500. The van der Waals surface area contributed by atoms with E-state index in [0.717, 1.165) is 5.56 Å². The molecule has 0 aliphatic heterocycles. The summed E-state index contributed by atoms with van der Waals surface area (Å²) in [6.07, 6.45) is 3.35. The highest BCUT2D eigenvalue weighted by Gasteiger charge is 2.09. The van der Waals surface area contributed by atoms with E-state index in [4.69, 9.17) is 0 Å². The molecule has 0 N–H and O–H groups in total. The Bertz CT molecular complexity index is 605. The van der Waals surface area contributed by atoms with Gasteiger partial charge in [-0.3, -0.25) is 13.9 Å². The molecular weight excluding hydrogens is 228 g/mol. The Labute approximate surface area is 105 Å². The molecule has 2 rings (SSSR count). The van der Waals surface area contributed by atoms with Crippen LogP contribution < -0.4 is 5.69 Å². The van der Waals surface area contributed by atoms with Crippen LogP contribution in [0.4, 0.5) is 0 Å². The lowest BCUT2D eigenvalue weighted by atomic mass is 10.1. The summed E-state index contributed by atoms with van der Waals surface area (Å²) < 4.78 is 3.01. The number of carbonyl (C=O) groups excluding carboxylic acids is 1. The van der Waals surface area contributed by atoms with Crippen LogP contribution in [0.3, 0.4) is 0 Å². The fourth-order valence-corrected chi connectivity index (χ4v) is 1.80. The van der Waals surface area contributed by atoms with Crippen LogP contribution in [-0.4, -0.2) is 14.9 Å². The molecule has 0 fully saturated rings. The SMILES string of the molecule is CCn1ccn(CC(=O)c2ccc(C)cc2)c1=O. The molecule has 4 nitrogen and oxygen atoms in total. The van der Waals surface area contributed by atoms with Gasteiger partial charge in [-0.1, -0.05) is 29.8 Å². The van der Waals surface area contributed by atoms with E-state index in [-0.39, 0.29) is 18.0 Å². The van der Waals surface area contributed by atoms with Gasteiger partial charge in [-0.25, -0.2) is 4.79 Å². The number of hydrogen-bond acceptors (Lipinski definition) is 2. The molecule has 0 aliphatic rings. The van der Waals surface area contributed by atoms with Gasteiger partial charge < -0.3 is 0 Å². The highest BCUT2D eigenvalue weighted by Crippen LogP contribution is 2.05. The Morgan fingerprint density at radius 1 is 1.11 bits per heavy atom. The third kappa shape index (κ3) is 2.42. The van der Waals surface area contributed by atoms with Gasteiger partial charge in [-0.15, -0.1) is 0 Å². The van der Waals surface area contributed by atoms with Crippen molar-refractivity contribution in [2.45, 2.75) is 26.9 Å². The lowest BCUT2D eigenvalue weighted by Gasteiger charge is -2.02. The van der Waals surface area contributed by atoms with Gasteiger partial charge in [0.05, 0.1) is 6.54 Å². The Morgan fingerprint density at radius 2 is 1.72 bits per heavy atom. The molecule has 0 spiro atoms. The first kappa shape index (κ1) is 12.4. The molecule has 4 heteroatoms. The maximum atomic E-state index is 12.0. The summed E-state index contributed by atoms with van der Waals surface area (Å²) in [6.45, 7) is 4.58. The number of benzene rings is 1. The number of Topliss-reactive ketones (excluding diaryl/α,β-unsaturated/α-hetero) is 1. The predicted octanol–water partition coefficient (Wildman–Crippen LogP) is 1.86. The summed E-state index contributed by atoms with van der Waals surface area (Å²) >= 11 is 0. The van der Waals surface area contributed by atoms with E-state index in [1.807, 2.05) is 26.0 Å². The molecule has 0 radical (unpaired) electrons. The molecule has 94 valence electrons. The van der Waals surface area contributed by atoms with Crippen LogP contribution in [0.5, 0.6) is 0 Å². The van der Waals surface area contributed by atoms with Crippen molar-refractivity contribution in [3.05, 3.63) is 58.3 Å². The Hall–Kier alpha value is -2.10. The summed E-state index contributed by atoms with van der Waals surface area (Å²) in [6, 6.07) is 7.37. The highest BCUT2D eigenvalue weighted by molar-refractivity contribution is 5.95. The fourth-order valence-electron chi connectivity index (χ4n) is 1.80. The van der Waals surface area contributed by atoms with Gasteiger partial charge in [-0.2, -0.15) is 0 Å². The molecule has 1 heterocycles. The molecule has 0 saturated carbocycles. The van der Waals surface area contributed by atoms with Crippen LogP contribution >= 0.6 is 0 Å². The third-order valence-electron chi connectivity index (χ3n) is 2.95. The fraction of sp³-hybridized carbons (Fsp3) is 0.286. The van der Waals surface area contributed by atoms with Gasteiger partial charge in [0.25, 0.3) is 0 Å². The molecule has 2 aromatic rings. The number of imidazole rings is 1. The van der Waals surface area contributed by atoms with Crippen LogP contribution in [-0.2, 0) is 13.1 Å². The predicted molar refractivity (Wildman–Crippen MR) is 69.9 cm³/mol. The maximum Gasteiger partial charge on any atom is 0.328 e. The first-order valence-electron chi connectivity index (χ1n) is 5.97. The van der Waals surface area contributed by atoms with Gasteiger partial charge in [0, 0.05) is 24.5 Å². The van der Waals surface area contributed by atoms with Crippen LogP contribution in [0, 0.1) is 6.92 Å². The minimum Gasteiger partial charge on any atom is -0.300 e. The van der Waals surface area contributed by atoms with E-state index >= 15 is 0 Å². The van der Waals surface area contributed by atoms with Crippen molar-refractivity contribution in [1.82, 2.24) is 9.13 Å². The third-order valence-corrected chi connectivity index (χ3v) is 2.95. The summed E-state index contributed by atoms with van der Waals surface area (Å²) in [5.41, 5.74) is 1.61. The van der Waals surface area contributed by atoms with Crippen molar-refractivity contribution >= 4 is 5.78 Å². The number of carbonyl (C=O) groups is 1. The van der Waals surface area contributed by atoms with Crippen LogP contribution in [0.1, 0.15) is 22.8 Å². The Morgan fingerprint density at radius 3 is 2.28 bits per heavy atom. The average molecular weight is 244 g/mol. The van der Waals surface area contributed by atoms with Gasteiger partial charge in [0.1, 0.15) is 0 Å². The van der Waals surface area contributed by atoms with Crippen LogP contribution in [0.2, 0.25) is 0 Å². The average Bonchev–Trinajstić information content (AvgIpc) is 2.71. The Balaban J connectivity index is 2.18. The lowest BCUT2D eigenvalue weighted by Crippen LogP contribution is -2.26. The molecular formula is C14H16N2O2. The molecule has 0 aliphatic carbocycles. The summed E-state index contributed by atoms with van der Waals surface area (Å²) in [5, 5.41) is 0. The standard InChI is InChI=1S/C14H16N2O2/c1-3-15-8-9-16(14(15)18)10-13(17)12-6-4-11(2)5-7-12/h4-9H,3,10H2,1-2H3. The topological polar surface area (TPSA) is 44.0 Å². The molecule has 0 atom stereocenters. The molecule has 0 unspecified atom stereocenters. The molecule has 1 aromatic carbocycles. The minimum atomic E-state index is -0.141. The monoisotopic (exact) mass is 244 g/mol. The zero-order valence-electron chi connectivity index (χ0n) is 10.6. The van der Waals surface area contributed by atoms with Crippen LogP contribution in [0.15, 0.2) is 41.5 Å². The second-order valence-electron chi connectivity index (χ2n) is 4.28. The molecule has 0 bridgehead atoms. The maximum absolute atomic E-state index is 12.0. The van der Waals surface area contributed by atoms with Gasteiger partial charge in [-0.05, 0) is 13.8 Å². The largest absolute Gasteiger partial charge is 0.328 e. The smallest absolute Gasteiger partial charge is 0.300 e. The van der Waals surface area contributed by atoms with Crippen LogP contribution in [0.25, 0.3) is 0 Å². The van der Waals surface area contributed by atoms with E-state index < -0.39 is 0 Å². The second-order valence-corrected chi connectivity index (χ2v) is 4.28. The van der Waals surface area contributed by atoms with Gasteiger partial charge >= 0.3 is 5.69 Å². The quantitative estimate of drug-likeness (QED) is 0.770. The zero-order valence-corrected chi connectivity index (χ0v) is 10.6. The van der Waals surface area contributed by atoms with E-state index in [1.54, 1.807) is 29.1 Å². The number of hydrogen-bond donors (Lipinski definition) is 0. The van der Waals surface area contributed by atoms with Gasteiger partial charge in [0.2, 0.25) is 0 Å². The summed E-state index contributed by atoms with van der Waals surface area (Å²) in [4.78, 5) is 23.8. The van der Waals surface area contributed by atoms with E-state index in [0.29, 0.717) is 12.1 Å². The molecule has 0 saturated heterocycles. The summed E-state index contributed by atoms with van der Waals surface area (Å²) in [7, 11) is 0. The van der Waals surface area contributed by atoms with E-state index in [9.17, 15) is 9.59 Å².